The molecule has 0 fully saturated rings. The van der Waals surface area contributed by atoms with E-state index in [2.05, 4.69) is 21.2 Å². The normalized spacial score (nSPS) is 11.6. The van der Waals surface area contributed by atoms with Crippen molar-refractivity contribution in [2.24, 2.45) is 0 Å². The molecule has 0 aliphatic rings. The highest BCUT2D eigenvalue weighted by Crippen LogP contribution is 2.30. The summed E-state index contributed by atoms with van der Waals surface area (Å²) in [4.78, 5) is 13.2. The standard InChI is InChI=1S/C24H21BrN2O3S/c1-16-7-10-19(11-8-16)31(29,30)23-14-27(22-6-4-3-5-20(22)23)15-24(28)26-21-12-9-18(25)13-17(21)2/h3-14H,15H2,1-2H3,(H,26,28). The van der Waals surface area contributed by atoms with E-state index in [1.807, 2.05) is 44.2 Å². The third-order valence-electron chi connectivity index (χ3n) is 5.15. The number of carbonyl (C=O) groups excluding carboxylic acids is 1. The molecule has 158 valence electrons. The van der Waals surface area contributed by atoms with E-state index in [0.717, 1.165) is 21.3 Å². The molecule has 0 aliphatic carbocycles. The molecule has 4 rings (SSSR count). The van der Waals surface area contributed by atoms with Crippen molar-refractivity contribution in [3.05, 3.63) is 88.5 Å². The summed E-state index contributed by atoms with van der Waals surface area (Å²) in [5.41, 5.74) is 3.33. The van der Waals surface area contributed by atoms with Gasteiger partial charge in [-0.2, -0.15) is 0 Å². The molecule has 0 spiro atoms. The maximum Gasteiger partial charge on any atom is 0.244 e. The fraction of sp³-hybridized carbons (Fsp3) is 0.125. The Morgan fingerprint density at radius 2 is 1.71 bits per heavy atom. The van der Waals surface area contributed by atoms with E-state index in [1.165, 1.54) is 0 Å². The lowest BCUT2D eigenvalue weighted by molar-refractivity contribution is -0.116. The number of benzene rings is 3. The van der Waals surface area contributed by atoms with Gasteiger partial charge in [0.1, 0.15) is 6.54 Å². The van der Waals surface area contributed by atoms with Crippen LogP contribution in [0.15, 0.2) is 87.2 Å². The fourth-order valence-corrected chi connectivity index (χ4v) is 5.47. The molecule has 0 bridgehead atoms. The van der Waals surface area contributed by atoms with E-state index in [-0.39, 0.29) is 22.2 Å². The monoisotopic (exact) mass is 496 g/mol. The molecular weight excluding hydrogens is 476 g/mol. The zero-order chi connectivity index (χ0) is 22.2. The SMILES string of the molecule is Cc1ccc(S(=O)(=O)c2cn(CC(=O)Nc3ccc(Br)cc3C)c3ccccc23)cc1. The van der Waals surface area contributed by atoms with Crippen LogP contribution >= 0.6 is 15.9 Å². The number of nitrogens with one attached hydrogen (secondary N) is 1. The Hall–Kier alpha value is -2.90. The average Bonchev–Trinajstić information content (AvgIpc) is 3.10. The molecule has 7 heteroatoms. The maximum atomic E-state index is 13.3. The van der Waals surface area contributed by atoms with Crippen molar-refractivity contribution in [1.29, 1.82) is 0 Å². The number of sulfone groups is 1. The van der Waals surface area contributed by atoms with Gasteiger partial charge in [0.25, 0.3) is 0 Å². The number of amides is 1. The number of nitrogens with zero attached hydrogens (tertiary/aromatic N) is 1. The Kier molecular flexibility index (Phi) is 5.73. The van der Waals surface area contributed by atoms with Crippen LogP contribution in [0.25, 0.3) is 10.9 Å². The highest BCUT2D eigenvalue weighted by molar-refractivity contribution is 9.10. The number of aryl methyl sites for hydroxylation is 2. The van der Waals surface area contributed by atoms with Gasteiger partial charge in [0.15, 0.2) is 0 Å². The molecule has 1 N–H and O–H groups in total. The molecule has 4 aromatic rings. The van der Waals surface area contributed by atoms with Crippen molar-refractivity contribution in [3.63, 3.8) is 0 Å². The van der Waals surface area contributed by atoms with E-state index in [9.17, 15) is 13.2 Å². The van der Waals surface area contributed by atoms with Crippen molar-refractivity contribution in [3.8, 4) is 0 Å². The second kappa shape index (κ2) is 8.32. The lowest BCUT2D eigenvalue weighted by atomic mass is 10.2. The van der Waals surface area contributed by atoms with Crippen molar-refractivity contribution in [2.75, 3.05) is 5.32 Å². The number of halogens is 1. The van der Waals surface area contributed by atoms with Crippen LogP contribution in [0.4, 0.5) is 5.69 Å². The van der Waals surface area contributed by atoms with Crippen LogP contribution in [-0.4, -0.2) is 18.9 Å². The topological polar surface area (TPSA) is 68.2 Å². The number of para-hydroxylation sites is 1. The first-order valence-corrected chi connectivity index (χ1v) is 12.0. The Bertz CT molecular complexity index is 1390. The number of anilines is 1. The van der Waals surface area contributed by atoms with Crippen molar-refractivity contribution in [2.45, 2.75) is 30.2 Å². The van der Waals surface area contributed by atoms with Gasteiger partial charge >= 0.3 is 0 Å². The molecule has 0 unspecified atom stereocenters. The number of carbonyl (C=O) groups is 1. The van der Waals surface area contributed by atoms with Crippen LogP contribution in [0.2, 0.25) is 0 Å². The van der Waals surface area contributed by atoms with Gasteiger partial charge < -0.3 is 9.88 Å². The minimum Gasteiger partial charge on any atom is -0.337 e. The summed E-state index contributed by atoms with van der Waals surface area (Å²) in [5, 5.41) is 3.50. The maximum absolute atomic E-state index is 13.3. The van der Waals surface area contributed by atoms with E-state index in [0.29, 0.717) is 10.9 Å². The largest absolute Gasteiger partial charge is 0.337 e. The summed E-state index contributed by atoms with van der Waals surface area (Å²) < 4.78 is 29.2. The molecule has 0 aliphatic heterocycles. The van der Waals surface area contributed by atoms with Gasteiger partial charge in [0.2, 0.25) is 15.7 Å². The molecule has 1 aromatic heterocycles. The van der Waals surface area contributed by atoms with Gasteiger partial charge in [-0.25, -0.2) is 8.42 Å². The Labute approximate surface area is 189 Å². The highest BCUT2D eigenvalue weighted by Gasteiger charge is 2.23. The molecule has 1 amide bonds. The summed E-state index contributed by atoms with van der Waals surface area (Å²) in [5.74, 6) is -0.231. The molecule has 0 saturated carbocycles. The van der Waals surface area contributed by atoms with Crippen molar-refractivity contribution < 1.29 is 13.2 Å². The van der Waals surface area contributed by atoms with Crippen LogP contribution < -0.4 is 5.32 Å². The molecule has 31 heavy (non-hydrogen) atoms. The third kappa shape index (κ3) is 4.29. The first kappa shape index (κ1) is 21.3. The van der Waals surface area contributed by atoms with Gasteiger partial charge in [-0.15, -0.1) is 0 Å². The summed E-state index contributed by atoms with van der Waals surface area (Å²) in [6.07, 6.45) is 1.55. The number of hydrogen-bond acceptors (Lipinski definition) is 3. The number of rotatable bonds is 5. The van der Waals surface area contributed by atoms with E-state index < -0.39 is 9.84 Å². The van der Waals surface area contributed by atoms with Crippen LogP contribution in [-0.2, 0) is 21.2 Å². The summed E-state index contributed by atoms with van der Waals surface area (Å²) in [6, 6.07) is 19.6. The second-order valence-corrected chi connectivity index (χ2v) is 10.3. The minimum absolute atomic E-state index is 0.000560. The van der Waals surface area contributed by atoms with Crippen LogP contribution in [0.1, 0.15) is 11.1 Å². The first-order valence-electron chi connectivity index (χ1n) is 9.71. The first-order chi connectivity index (χ1) is 14.8. The summed E-state index contributed by atoms with van der Waals surface area (Å²) in [6.45, 7) is 3.82. The van der Waals surface area contributed by atoms with Gasteiger partial charge in [-0.3, -0.25) is 4.79 Å². The zero-order valence-electron chi connectivity index (χ0n) is 17.1. The van der Waals surface area contributed by atoms with Gasteiger partial charge in [-0.05, 0) is 55.8 Å². The molecule has 0 radical (unpaired) electrons. The van der Waals surface area contributed by atoms with Gasteiger partial charge in [-0.1, -0.05) is 51.8 Å². The smallest absolute Gasteiger partial charge is 0.244 e. The lowest BCUT2D eigenvalue weighted by Gasteiger charge is -2.10. The molecule has 5 nitrogen and oxygen atoms in total. The zero-order valence-corrected chi connectivity index (χ0v) is 19.5. The van der Waals surface area contributed by atoms with Crippen molar-refractivity contribution in [1.82, 2.24) is 4.57 Å². The lowest BCUT2D eigenvalue weighted by Crippen LogP contribution is -2.18. The molecule has 0 saturated heterocycles. The number of fused-ring (bicyclic) bond motifs is 1. The van der Waals surface area contributed by atoms with Gasteiger partial charge in [0.05, 0.1) is 9.79 Å². The Balaban J connectivity index is 1.70. The van der Waals surface area contributed by atoms with Gasteiger partial charge in [0, 0.05) is 27.3 Å². The van der Waals surface area contributed by atoms with Crippen LogP contribution in [0.5, 0.6) is 0 Å². The van der Waals surface area contributed by atoms with Crippen LogP contribution in [0, 0.1) is 13.8 Å². The van der Waals surface area contributed by atoms with Crippen LogP contribution in [0.3, 0.4) is 0 Å². The third-order valence-corrected chi connectivity index (χ3v) is 7.44. The quantitative estimate of drug-likeness (QED) is 0.397. The predicted octanol–water partition coefficient (Wildman–Crippen LogP) is 5.49. The van der Waals surface area contributed by atoms with Crippen molar-refractivity contribution >= 4 is 48.3 Å². The minimum atomic E-state index is -3.73. The van der Waals surface area contributed by atoms with E-state index >= 15 is 0 Å². The van der Waals surface area contributed by atoms with E-state index in [4.69, 9.17) is 0 Å². The predicted molar refractivity (Wildman–Crippen MR) is 126 cm³/mol. The fourth-order valence-electron chi connectivity index (χ4n) is 3.51. The number of aromatic nitrogens is 1. The molecule has 0 atom stereocenters. The summed E-state index contributed by atoms with van der Waals surface area (Å²) >= 11 is 3.41. The second-order valence-electron chi connectivity index (χ2n) is 7.46. The molecule has 1 heterocycles. The summed E-state index contributed by atoms with van der Waals surface area (Å²) in [7, 11) is -3.73. The Morgan fingerprint density at radius 3 is 2.42 bits per heavy atom. The molecule has 3 aromatic carbocycles. The van der Waals surface area contributed by atoms with E-state index in [1.54, 1.807) is 47.2 Å². The highest BCUT2D eigenvalue weighted by atomic mass is 79.9. The number of hydrogen-bond donors (Lipinski definition) is 1. The Morgan fingerprint density at radius 1 is 1.00 bits per heavy atom. The molecular formula is C24H21BrN2O3S. The average molecular weight is 497 g/mol.